The summed E-state index contributed by atoms with van der Waals surface area (Å²) in [6.07, 6.45) is 1.58. The molecule has 0 spiro atoms. The van der Waals surface area contributed by atoms with Gasteiger partial charge in [-0.2, -0.15) is 0 Å². The SMILES string of the molecule is O=C(CCCc1ccc2ccc3cccc4ccc1c2c34)N[C@@H](CO)C(=O)NCc1ccc(F)cc1. The molecular weight excluding hydrogens is 455 g/mol. The van der Waals surface area contributed by atoms with Gasteiger partial charge in [0.1, 0.15) is 11.9 Å². The lowest BCUT2D eigenvalue weighted by molar-refractivity contribution is -0.130. The molecular formula is C30H27FN2O3. The third kappa shape index (κ3) is 4.86. The van der Waals surface area contributed by atoms with Crippen molar-refractivity contribution in [1.82, 2.24) is 10.6 Å². The Bertz CT molecular complexity index is 1520. The number of hydrogen-bond donors (Lipinski definition) is 3. The molecule has 5 rings (SSSR count). The number of benzene rings is 5. The van der Waals surface area contributed by atoms with E-state index in [1.165, 1.54) is 50.0 Å². The number of nitrogens with one attached hydrogen (secondary N) is 2. The Labute approximate surface area is 208 Å². The fraction of sp³-hybridized carbons (Fsp3) is 0.200. The zero-order chi connectivity index (χ0) is 25.1. The number of halogens is 1. The second-order valence-electron chi connectivity index (χ2n) is 9.08. The van der Waals surface area contributed by atoms with E-state index in [-0.39, 0.29) is 24.7 Å². The van der Waals surface area contributed by atoms with Gasteiger partial charge in [-0.3, -0.25) is 9.59 Å². The number of aliphatic hydroxyl groups excluding tert-OH is 1. The summed E-state index contributed by atoms with van der Waals surface area (Å²) in [5, 5.41) is 22.3. The fourth-order valence-corrected chi connectivity index (χ4v) is 4.83. The molecule has 0 aliphatic carbocycles. The molecule has 0 radical (unpaired) electrons. The zero-order valence-electron chi connectivity index (χ0n) is 19.8. The van der Waals surface area contributed by atoms with Gasteiger partial charge in [0.15, 0.2) is 0 Å². The summed E-state index contributed by atoms with van der Waals surface area (Å²) >= 11 is 0. The second-order valence-corrected chi connectivity index (χ2v) is 9.08. The van der Waals surface area contributed by atoms with E-state index in [2.05, 4.69) is 65.2 Å². The monoisotopic (exact) mass is 482 g/mol. The minimum Gasteiger partial charge on any atom is -0.394 e. The number of rotatable bonds is 9. The number of amides is 2. The molecule has 3 N–H and O–H groups in total. The molecule has 182 valence electrons. The van der Waals surface area contributed by atoms with E-state index in [9.17, 15) is 19.1 Å². The maximum Gasteiger partial charge on any atom is 0.245 e. The van der Waals surface area contributed by atoms with Gasteiger partial charge >= 0.3 is 0 Å². The van der Waals surface area contributed by atoms with Crippen molar-refractivity contribution in [2.45, 2.75) is 31.8 Å². The molecule has 36 heavy (non-hydrogen) atoms. The van der Waals surface area contributed by atoms with E-state index in [0.717, 1.165) is 12.0 Å². The van der Waals surface area contributed by atoms with E-state index >= 15 is 0 Å². The minimum atomic E-state index is -1.03. The van der Waals surface area contributed by atoms with Crippen LogP contribution in [0.3, 0.4) is 0 Å². The zero-order valence-corrected chi connectivity index (χ0v) is 19.8. The number of aliphatic hydroxyl groups is 1. The lowest BCUT2D eigenvalue weighted by Crippen LogP contribution is -2.48. The lowest BCUT2D eigenvalue weighted by atomic mass is 9.90. The van der Waals surface area contributed by atoms with Crippen LogP contribution >= 0.6 is 0 Å². The van der Waals surface area contributed by atoms with Gasteiger partial charge < -0.3 is 15.7 Å². The van der Waals surface area contributed by atoms with Crippen molar-refractivity contribution in [3.05, 3.63) is 95.8 Å². The molecule has 0 saturated heterocycles. The van der Waals surface area contributed by atoms with Crippen LogP contribution in [0.1, 0.15) is 24.0 Å². The number of carbonyl (C=O) groups is 2. The van der Waals surface area contributed by atoms with Crippen molar-refractivity contribution in [3.63, 3.8) is 0 Å². The highest BCUT2D eigenvalue weighted by atomic mass is 19.1. The Morgan fingerprint density at radius 1 is 0.833 bits per heavy atom. The average molecular weight is 483 g/mol. The van der Waals surface area contributed by atoms with E-state index in [1.807, 2.05) is 0 Å². The third-order valence-corrected chi connectivity index (χ3v) is 6.68. The van der Waals surface area contributed by atoms with Crippen LogP contribution in [0.2, 0.25) is 0 Å². The predicted molar refractivity (Wildman–Crippen MR) is 140 cm³/mol. The van der Waals surface area contributed by atoms with Crippen LogP contribution < -0.4 is 10.6 Å². The van der Waals surface area contributed by atoms with Crippen molar-refractivity contribution in [1.29, 1.82) is 0 Å². The first-order valence-electron chi connectivity index (χ1n) is 12.1. The van der Waals surface area contributed by atoms with E-state index in [1.54, 1.807) is 12.1 Å². The number of carbonyl (C=O) groups excluding carboxylic acids is 2. The molecule has 1 atom stereocenters. The molecule has 0 heterocycles. The Balaban J connectivity index is 1.20. The van der Waals surface area contributed by atoms with Gasteiger partial charge in [-0.1, -0.05) is 66.7 Å². The van der Waals surface area contributed by atoms with Gasteiger partial charge in [0.2, 0.25) is 11.8 Å². The molecule has 2 amide bonds. The molecule has 0 unspecified atom stereocenters. The molecule has 5 nitrogen and oxygen atoms in total. The van der Waals surface area contributed by atoms with Gasteiger partial charge in [0.05, 0.1) is 6.61 Å². The van der Waals surface area contributed by atoms with Gasteiger partial charge in [-0.15, -0.1) is 0 Å². The quantitative estimate of drug-likeness (QED) is 0.263. The van der Waals surface area contributed by atoms with Crippen LogP contribution in [0.25, 0.3) is 32.3 Å². The van der Waals surface area contributed by atoms with Crippen molar-refractivity contribution in [2.24, 2.45) is 0 Å². The summed E-state index contributed by atoms with van der Waals surface area (Å²) in [4.78, 5) is 24.9. The molecule has 0 aliphatic heterocycles. The smallest absolute Gasteiger partial charge is 0.245 e. The Hall–Kier alpha value is -4.03. The van der Waals surface area contributed by atoms with Gasteiger partial charge in [-0.05, 0) is 68.4 Å². The Morgan fingerprint density at radius 2 is 1.50 bits per heavy atom. The molecule has 5 aromatic rings. The standard InChI is InChI=1S/C30H27FN2O3/c31-24-14-7-19(8-15-24)17-32-30(36)26(18-34)33-27(35)6-2-3-20-9-10-23-12-11-21-4-1-5-22-13-16-25(20)29(23)28(21)22/h1,4-5,7-16,26,34H,2-3,6,17-18H2,(H,32,36)(H,33,35)/t26-/m0/s1. The van der Waals surface area contributed by atoms with Crippen LogP contribution in [0.15, 0.2) is 78.9 Å². The highest BCUT2D eigenvalue weighted by molar-refractivity contribution is 6.23. The van der Waals surface area contributed by atoms with E-state index in [4.69, 9.17) is 0 Å². The van der Waals surface area contributed by atoms with E-state index < -0.39 is 18.6 Å². The fourth-order valence-electron chi connectivity index (χ4n) is 4.83. The molecule has 0 bridgehead atoms. The summed E-state index contributed by atoms with van der Waals surface area (Å²) in [5.74, 6) is -1.13. The molecule has 6 heteroatoms. The summed E-state index contributed by atoms with van der Waals surface area (Å²) in [6, 6.07) is 23.9. The molecule has 5 aromatic carbocycles. The Morgan fingerprint density at radius 3 is 2.22 bits per heavy atom. The van der Waals surface area contributed by atoms with Gasteiger partial charge in [-0.25, -0.2) is 4.39 Å². The third-order valence-electron chi connectivity index (χ3n) is 6.68. The number of aryl methyl sites for hydroxylation is 1. The second kappa shape index (κ2) is 10.3. The van der Waals surface area contributed by atoms with Gasteiger partial charge in [0, 0.05) is 13.0 Å². The van der Waals surface area contributed by atoms with Crippen molar-refractivity contribution in [3.8, 4) is 0 Å². The summed E-state index contributed by atoms with van der Waals surface area (Å²) < 4.78 is 13.0. The minimum absolute atomic E-state index is 0.181. The highest BCUT2D eigenvalue weighted by Crippen LogP contribution is 2.36. The maximum atomic E-state index is 13.0. The average Bonchev–Trinajstić information content (AvgIpc) is 2.90. The van der Waals surface area contributed by atoms with Crippen molar-refractivity contribution in [2.75, 3.05) is 6.61 Å². The van der Waals surface area contributed by atoms with Crippen molar-refractivity contribution < 1.29 is 19.1 Å². The first kappa shape index (κ1) is 23.7. The first-order chi connectivity index (χ1) is 17.5. The van der Waals surface area contributed by atoms with Crippen molar-refractivity contribution >= 4 is 44.1 Å². The largest absolute Gasteiger partial charge is 0.394 e. The normalized spacial score (nSPS) is 12.3. The highest BCUT2D eigenvalue weighted by Gasteiger charge is 2.19. The van der Waals surface area contributed by atoms with Crippen LogP contribution in [0.4, 0.5) is 4.39 Å². The molecule has 0 fully saturated rings. The molecule has 0 aliphatic rings. The predicted octanol–water partition coefficient (Wildman–Crippen LogP) is 4.84. The topological polar surface area (TPSA) is 78.4 Å². The van der Waals surface area contributed by atoms with Crippen LogP contribution in [0.5, 0.6) is 0 Å². The van der Waals surface area contributed by atoms with E-state index in [0.29, 0.717) is 6.42 Å². The van der Waals surface area contributed by atoms with Crippen LogP contribution in [-0.4, -0.2) is 29.6 Å². The summed E-state index contributed by atoms with van der Waals surface area (Å²) in [7, 11) is 0. The van der Waals surface area contributed by atoms with Gasteiger partial charge in [0.25, 0.3) is 0 Å². The van der Waals surface area contributed by atoms with Crippen LogP contribution in [-0.2, 0) is 22.6 Å². The first-order valence-corrected chi connectivity index (χ1v) is 12.1. The maximum absolute atomic E-state index is 13.0. The Kier molecular flexibility index (Phi) is 6.78. The number of hydrogen-bond acceptors (Lipinski definition) is 3. The summed E-state index contributed by atoms with van der Waals surface area (Å²) in [6.45, 7) is -0.323. The molecule has 0 saturated carbocycles. The summed E-state index contributed by atoms with van der Waals surface area (Å²) in [5.41, 5.74) is 1.91. The molecule has 0 aromatic heterocycles. The lowest BCUT2D eigenvalue weighted by Gasteiger charge is -2.17. The van der Waals surface area contributed by atoms with Crippen LogP contribution in [0, 0.1) is 5.82 Å².